The fraction of sp³-hybridized carbons (Fsp3) is 0.727. The zero-order chi connectivity index (χ0) is 12.1. The molecule has 5 heteroatoms. The zero-order valence-electron chi connectivity index (χ0n) is 9.60. The molecule has 0 radical (unpaired) electrons. The van der Waals surface area contributed by atoms with Crippen LogP contribution in [0.25, 0.3) is 0 Å². The van der Waals surface area contributed by atoms with Crippen LogP contribution in [0, 0.1) is 23.2 Å². The quantitative estimate of drug-likeness (QED) is 0.642. The van der Waals surface area contributed by atoms with Gasteiger partial charge in [0.15, 0.2) is 0 Å². The first-order valence-corrected chi connectivity index (χ1v) is 5.36. The van der Waals surface area contributed by atoms with E-state index < -0.39 is 5.92 Å². The van der Waals surface area contributed by atoms with E-state index in [1.54, 1.807) is 11.8 Å². The summed E-state index contributed by atoms with van der Waals surface area (Å²) < 4.78 is 4.66. The highest BCUT2D eigenvalue weighted by molar-refractivity contribution is 5.82. The molecule has 1 rings (SSSR count). The molecule has 1 aliphatic heterocycles. The summed E-state index contributed by atoms with van der Waals surface area (Å²) in [6.07, 6.45) is 1.53. The van der Waals surface area contributed by atoms with Gasteiger partial charge in [-0.05, 0) is 19.8 Å². The number of carbonyl (C=O) groups is 2. The molecule has 0 spiro atoms. The van der Waals surface area contributed by atoms with E-state index in [1.807, 2.05) is 6.07 Å². The highest BCUT2D eigenvalue weighted by atomic mass is 16.5. The predicted molar refractivity (Wildman–Crippen MR) is 56.1 cm³/mol. The number of rotatable bonds is 2. The topological polar surface area (TPSA) is 70.4 Å². The Morgan fingerprint density at radius 2 is 2.25 bits per heavy atom. The molecule has 2 atom stereocenters. The largest absolute Gasteiger partial charge is 0.469 e. The molecule has 0 bridgehead atoms. The second-order valence-electron chi connectivity index (χ2n) is 4.00. The fourth-order valence-electron chi connectivity index (χ4n) is 1.87. The SMILES string of the molecule is COC(=O)C1CCCN(C(=O)C(C)C#N)C1. The number of hydrogen-bond acceptors (Lipinski definition) is 4. The molecule has 0 N–H and O–H groups in total. The second-order valence-corrected chi connectivity index (χ2v) is 4.00. The summed E-state index contributed by atoms with van der Waals surface area (Å²) >= 11 is 0. The van der Waals surface area contributed by atoms with Gasteiger partial charge in [0.05, 0.1) is 19.1 Å². The van der Waals surface area contributed by atoms with Crippen LogP contribution < -0.4 is 0 Å². The third kappa shape index (κ3) is 2.72. The summed E-state index contributed by atoms with van der Waals surface area (Å²) in [7, 11) is 1.35. The Morgan fingerprint density at radius 3 is 2.81 bits per heavy atom. The van der Waals surface area contributed by atoms with E-state index in [0.29, 0.717) is 13.1 Å². The van der Waals surface area contributed by atoms with Gasteiger partial charge in [0.1, 0.15) is 5.92 Å². The van der Waals surface area contributed by atoms with Gasteiger partial charge in [-0.15, -0.1) is 0 Å². The maximum atomic E-state index is 11.7. The van der Waals surface area contributed by atoms with Crippen LogP contribution >= 0.6 is 0 Å². The van der Waals surface area contributed by atoms with Crippen LogP contribution in [0.3, 0.4) is 0 Å². The van der Waals surface area contributed by atoms with Crippen molar-refractivity contribution >= 4 is 11.9 Å². The van der Waals surface area contributed by atoms with Gasteiger partial charge < -0.3 is 9.64 Å². The summed E-state index contributed by atoms with van der Waals surface area (Å²) in [4.78, 5) is 24.7. The summed E-state index contributed by atoms with van der Waals surface area (Å²) in [6.45, 7) is 2.57. The van der Waals surface area contributed by atoms with Crippen LogP contribution in [0.4, 0.5) is 0 Å². The molecule has 16 heavy (non-hydrogen) atoms. The van der Waals surface area contributed by atoms with E-state index >= 15 is 0 Å². The smallest absolute Gasteiger partial charge is 0.310 e. The van der Waals surface area contributed by atoms with Crippen molar-refractivity contribution in [3.8, 4) is 6.07 Å². The summed E-state index contributed by atoms with van der Waals surface area (Å²) in [5.41, 5.74) is 0. The number of piperidine rings is 1. The molecule has 1 fully saturated rings. The maximum Gasteiger partial charge on any atom is 0.310 e. The van der Waals surface area contributed by atoms with Gasteiger partial charge >= 0.3 is 5.97 Å². The molecule has 1 heterocycles. The summed E-state index contributed by atoms with van der Waals surface area (Å²) in [6, 6.07) is 1.91. The normalized spacial score (nSPS) is 22.1. The molecular weight excluding hydrogens is 208 g/mol. The van der Waals surface area contributed by atoms with Crippen LogP contribution in [0.15, 0.2) is 0 Å². The van der Waals surface area contributed by atoms with Crippen molar-refractivity contribution in [3.05, 3.63) is 0 Å². The van der Waals surface area contributed by atoms with Gasteiger partial charge in [-0.25, -0.2) is 0 Å². The summed E-state index contributed by atoms with van der Waals surface area (Å²) in [5, 5.41) is 8.67. The van der Waals surface area contributed by atoms with Crippen molar-refractivity contribution in [1.29, 1.82) is 5.26 Å². The van der Waals surface area contributed by atoms with Crippen LogP contribution in [-0.2, 0) is 14.3 Å². The van der Waals surface area contributed by atoms with Crippen LogP contribution in [0.2, 0.25) is 0 Å². The molecule has 0 aromatic carbocycles. The lowest BCUT2D eigenvalue weighted by Crippen LogP contribution is -2.44. The van der Waals surface area contributed by atoms with Crippen molar-refractivity contribution in [3.63, 3.8) is 0 Å². The van der Waals surface area contributed by atoms with Crippen molar-refractivity contribution in [1.82, 2.24) is 4.90 Å². The minimum atomic E-state index is -0.642. The number of ether oxygens (including phenoxy) is 1. The third-order valence-electron chi connectivity index (χ3n) is 2.83. The molecule has 2 unspecified atom stereocenters. The monoisotopic (exact) mass is 224 g/mol. The molecule has 0 aliphatic carbocycles. The average Bonchev–Trinajstić information content (AvgIpc) is 2.36. The van der Waals surface area contributed by atoms with E-state index in [4.69, 9.17) is 5.26 Å². The van der Waals surface area contributed by atoms with Gasteiger partial charge in [0.2, 0.25) is 5.91 Å². The number of esters is 1. The van der Waals surface area contributed by atoms with E-state index in [9.17, 15) is 9.59 Å². The summed E-state index contributed by atoms with van der Waals surface area (Å²) in [5.74, 6) is -1.36. The molecule has 1 amide bonds. The fourth-order valence-corrected chi connectivity index (χ4v) is 1.87. The lowest BCUT2D eigenvalue weighted by molar-refractivity contribution is -0.149. The highest BCUT2D eigenvalue weighted by Gasteiger charge is 2.30. The number of likely N-dealkylation sites (tertiary alicyclic amines) is 1. The number of hydrogen-bond donors (Lipinski definition) is 0. The molecule has 1 aliphatic rings. The first-order chi connectivity index (χ1) is 7.60. The molecule has 88 valence electrons. The first-order valence-electron chi connectivity index (χ1n) is 5.36. The van der Waals surface area contributed by atoms with Gasteiger partial charge in [-0.2, -0.15) is 5.26 Å². The molecule has 5 nitrogen and oxygen atoms in total. The van der Waals surface area contributed by atoms with Gasteiger partial charge in [-0.1, -0.05) is 0 Å². The van der Waals surface area contributed by atoms with E-state index in [2.05, 4.69) is 4.74 Å². The van der Waals surface area contributed by atoms with E-state index in [0.717, 1.165) is 12.8 Å². The maximum absolute atomic E-state index is 11.7. The van der Waals surface area contributed by atoms with E-state index in [-0.39, 0.29) is 17.8 Å². The first kappa shape index (κ1) is 12.5. The van der Waals surface area contributed by atoms with Crippen molar-refractivity contribution in [2.24, 2.45) is 11.8 Å². The third-order valence-corrected chi connectivity index (χ3v) is 2.83. The lowest BCUT2D eigenvalue weighted by atomic mass is 9.97. The Kier molecular flexibility index (Phi) is 4.29. The number of nitriles is 1. The molecule has 0 aromatic heterocycles. The Morgan fingerprint density at radius 1 is 1.56 bits per heavy atom. The number of methoxy groups -OCH3 is 1. The Hall–Kier alpha value is -1.57. The van der Waals surface area contributed by atoms with Crippen molar-refractivity contribution in [2.45, 2.75) is 19.8 Å². The predicted octanol–water partition coefficient (Wildman–Crippen LogP) is 0.558. The van der Waals surface area contributed by atoms with Crippen LogP contribution in [0.1, 0.15) is 19.8 Å². The van der Waals surface area contributed by atoms with Crippen molar-refractivity contribution in [2.75, 3.05) is 20.2 Å². The number of carbonyl (C=O) groups excluding carboxylic acids is 2. The second kappa shape index (κ2) is 5.50. The molecular formula is C11H16N2O3. The van der Waals surface area contributed by atoms with Gasteiger partial charge in [-0.3, -0.25) is 9.59 Å². The zero-order valence-corrected chi connectivity index (χ0v) is 9.60. The van der Waals surface area contributed by atoms with E-state index in [1.165, 1.54) is 7.11 Å². The Bertz CT molecular complexity index is 322. The lowest BCUT2D eigenvalue weighted by Gasteiger charge is -2.31. The minimum Gasteiger partial charge on any atom is -0.469 e. The minimum absolute atomic E-state index is 0.198. The van der Waals surface area contributed by atoms with Crippen LogP contribution in [-0.4, -0.2) is 37.0 Å². The number of amides is 1. The number of nitrogens with zero attached hydrogens (tertiary/aromatic N) is 2. The molecule has 1 saturated heterocycles. The van der Waals surface area contributed by atoms with Gasteiger partial charge in [0, 0.05) is 13.1 Å². The Labute approximate surface area is 95.0 Å². The average molecular weight is 224 g/mol. The van der Waals surface area contributed by atoms with Crippen molar-refractivity contribution < 1.29 is 14.3 Å². The molecule has 0 saturated carbocycles. The Balaban J connectivity index is 2.61. The standard InChI is InChI=1S/C11H16N2O3/c1-8(6-12)10(14)13-5-3-4-9(7-13)11(15)16-2/h8-9H,3-5,7H2,1-2H3. The van der Waals surface area contributed by atoms with Crippen LogP contribution in [0.5, 0.6) is 0 Å². The molecule has 0 aromatic rings. The van der Waals surface area contributed by atoms with Gasteiger partial charge in [0.25, 0.3) is 0 Å². The highest BCUT2D eigenvalue weighted by Crippen LogP contribution is 2.19.